The molecule has 1 N–H and O–H groups in total. The Morgan fingerprint density at radius 2 is 1.65 bits per heavy atom. The molecule has 0 bridgehead atoms. The van der Waals surface area contributed by atoms with Crippen LogP contribution in [0.1, 0.15) is 17.5 Å². The summed E-state index contributed by atoms with van der Waals surface area (Å²) in [4.78, 5) is 0. The third kappa shape index (κ3) is 3.71. The number of benzene rings is 3. The van der Waals surface area contributed by atoms with Gasteiger partial charge in [0.15, 0.2) is 0 Å². The van der Waals surface area contributed by atoms with Crippen LogP contribution in [-0.4, -0.2) is 11.7 Å². The van der Waals surface area contributed by atoms with Crippen LogP contribution in [-0.2, 0) is 6.61 Å². The van der Waals surface area contributed by atoms with Gasteiger partial charge in [0.1, 0.15) is 12.4 Å². The maximum Gasteiger partial charge on any atom is 0.136 e. The van der Waals surface area contributed by atoms with E-state index >= 15 is 0 Å². The van der Waals surface area contributed by atoms with Gasteiger partial charge >= 0.3 is 0 Å². The van der Waals surface area contributed by atoms with Gasteiger partial charge in [-0.3, -0.25) is 0 Å². The molecule has 0 saturated heterocycles. The lowest BCUT2D eigenvalue weighted by atomic mass is 10.0. The largest absolute Gasteiger partial charge is 0.488 e. The van der Waals surface area contributed by atoms with Gasteiger partial charge in [0, 0.05) is 11.8 Å². The molecule has 0 aliphatic rings. The molecule has 114 valence electrons. The van der Waals surface area contributed by atoms with Crippen molar-refractivity contribution in [3.63, 3.8) is 0 Å². The van der Waals surface area contributed by atoms with Crippen molar-refractivity contribution < 1.29 is 9.84 Å². The second kappa shape index (κ2) is 7.49. The minimum absolute atomic E-state index is 0.0674. The number of aliphatic hydroxyl groups is 1. The maximum atomic E-state index is 8.95. The highest BCUT2D eigenvalue weighted by molar-refractivity contribution is 5.90. The van der Waals surface area contributed by atoms with E-state index in [0.29, 0.717) is 13.0 Å². The van der Waals surface area contributed by atoms with Crippen molar-refractivity contribution in [1.82, 2.24) is 0 Å². The second-order valence-corrected chi connectivity index (χ2v) is 5.21. The number of hydrogen-bond donors (Lipinski definition) is 1. The van der Waals surface area contributed by atoms with E-state index in [-0.39, 0.29) is 6.61 Å². The van der Waals surface area contributed by atoms with Crippen LogP contribution in [0.2, 0.25) is 0 Å². The summed E-state index contributed by atoms with van der Waals surface area (Å²) in [5, 5.41) is 11.2. The van der Waals surface area contributed by atoms with E-state index in [4.69, 9.17) is 9.84 Å². The fourth-order valence-corrected chi connectivity index (χ4v) is 2.44. The van der Waals surface area contributed by atoms with Gasteiger partial charge in [-0.05, 0) is 17.0 Å². The molecule has 0 amide bonds. The van der Waals surface area contributed by atoms with Crippen molar-refractivity contribution in [2.45, 2.75) is 13.0 Å². The summed E-state index contributed by atoms with van der Waals surface area (Å²) in [5.74, 6) is 6.94. The Labute approximate surface area is 136 Å². The average molecular weight is 302 g/mol. The zero-order valence-corrected chi connectivity index (χ0v) is 12.8. The Morgan fingerprint density at radius 3 is 2.48 bits per heavy atom. The first-order valence-electron chi connectivity index (χ1n) is 7.66. The molecule has 0 spiro atoms. The molecule has 3 rings (SSSR count). The minimum atomic E-state index is 0.0674. The first-order chi connectivity index (χ1) is 11.4. The minimum Gasteiger partial charge on any atom is -0.488 e. The maximum absolute atomic E-state index is 8.95. The van der Waals surface area contributed by atoms with Gasteiger partial charge in [-0.1, -0.05) is 72.5 Å². The summed E-state index contributed by atoms with van der Waals surface area (Å²) >= 11 is 0. The lowest BCUT2D eigenvalue weighted by Gasteiger charge is -2.11. The van der Waals surface area contributed by atoms with Gasteiger partial charge in [0.2, 0.25) is 0 Å². The summed E-state index contributed by atoms with van der Waals surface area (Å²) in [6, 6.07) is 22.2. The number of aliphatic hydroxyl groups excluding tert-OH is 1. The van der Waals surface area contributed by atoms with Crippen LogP contribution in [0, 0.1) is 11.8 Å². The quantitative estimate of drug-likeness (QED) is 0.734. The number of fused-ring (bicyclic) bond motifs is 1. The van der Waals surface area contributed by atoms with Crippen molar-refractivity contribution in [3.8, 4) is 17.6 Å². The van der Waals surface area contributed by atoms with Gasteiger partial charge in [0.25, 0.3) is 0 Å². The molecule has 0 aliphatic carbocycles. The van der Waals surface area contributed by atoms with Crippen molar-refractivity contribution in [3.05, 3.63) is 77.9 Å². The van der Waals surface area contributed by atoms with Gasteiger partial charge in [-0.25, -0.2) is 0 Å². The molecule has 2 nitrogen and oxygen atoms in total. The fraction of sp³-hybridized carbons (Fsp3) is 0.143. The molecule has 0 atom stereocenters. The molecule has 23 heavy (non-hydrogen) atoms. The molecule has 0 aromatic heterocycles. The highest BCUT2D eigenvalue weighted by Crippen LogP contribution is 2.28. The van der Waals surface area contributed by atoms with Gasteiger partial charge in [-0.15, -0.1) is 0 Å². The van der Waals surface area contributed by atoms with Crippen molar-refractivity contribution >= 4 is 10.8 Å². The van der Waals surface area contributed by atoms with Crippen LogP contribution in [0.4, 0.5) is 0 Å². The Hall–Kier alpha value is -2.76. The Bertz CT molecular complexity index is 842. The van der Waals surface area contributed by atoms with E-state index in [9.17, 15) is 0 Å². The van der Waals surface area contributed by atoms with E-state index in [0.717, 1.165) is 27.6 Å². The molecule has 0 unspecified atom stereocenters. The van der Waals surface area contributed by atoms with Crippen LogP contribution in [0.3, 0.4) is 0 Å². The molecular formula is C21H18O2. The van der Waals surface area contributed by atoms with E-state index in [1.165, 1.54) is 0 Å². The van der Waals surface area contributed by atoms with Crippen LogP contribution in [0.5, 0.6) is 5.75 Å². The molecule has 0 heterocycles. The summed E-state index contributed by atoms with van der Waals surface area (Å²) in [7, 11) is 0. The molecule has 0 radical (unpaired) electrons. The molecule has 0 saturated carbocycles. The fourth-order valence-electron chi connectivity index (χ4n) is 2.44. The van der Waals surface area contributed by atoms with Crippen LogP contribution in [0.25, 0.3) is 10.8 Å². The molecule has 0 aliphatic heterocycles. The lowest BCUT2D eigenvalue weighted by molar-refractivity contribution is 0.304. The Kier molecular flexibility index (Phi) is 4.93. The van der Waals surface area contributed by atoms with Crippen molar-refractivity contribution in [1.29, 1.82) is 0 Å². The highest BCUT2D eigenvalue weighted by atomic mass is 16.5. The summed E-state index contributed by atoms with van der Waals surface area (Å²) in [6.45, 7) is 0.575. The molecule has 3 aromatic rings. The molecule has 0 fully saturated rings. The SMILES string of the molecule is OCCC#Cc1c(OCc2ccccc2)ccc2ccccc12. The summed E-state index contributed by atoms with van der Waals surface area (Å²) in [6.07, 6.45) is 0.460. The zero-order valence-electron chi connectivity index (χ0n) is 12.8. The predicted molar refractivity (Wildman–Crippen MR) is 93.3 cm³/mol. The van der Waals surface area contributed by atoms with E-state index in [2.05, 4.69) is 17.9 Å². The lowest BCUT2D eigenvalue weighted by Crippen LogP contribution is -1.97. The van der Waals surface area contributed by atoms with Crippen molar-refractivity contribution in [2.24, 2.45) is 0 Å². The highest BCUT2D eigenvalue weighted by Gasteiger charge is 2.07. The number of ether oxygens (including phenoxy) is 1. The molecule has 2 heteroatoms. The molecule has 3 aromatic carbocycles. The first kappa shape index (κ1) is 15.1. The number of rotatable bonds is 4. The third-order valence-electron chi connectivity index (χ3n) is 3.58. The Morgan fingerprint density at radius 1 is 0.870 bits per heavy atom. The first-order valence-corrected chi connectivity index (χ1v) is 7.66. The van der Waals surface area contributed by atoms with Crippen LogP contribution in [0.15, 0.2) is 66.7 Å². The van der Waals surface area contributed by atoms with E-state index in [1.807, 2.05) is 60.7 Å². The summed E-state index contributed by atoms with van der Waals surface area (Å²) in [5.41, 5.74) is 2.00. The Balaban J connectivity index is 1.95. The van der Waals surface area contributed by atoms with Crippen molar-refractivity contribution in [2.75, 3.05) is 6.61 Å². The van der Waals surface area contributed by atoms with Gasteiger partial charge in [-0.2, -0.15) is 0 Å². The topological polar surface area (TPSA) is 29.5 Å². The predicted octanol–water partition coefficient (Wildman–Crippen LogP) is 4.15. The summed E-state index contributed by atoms with van der Waals surface area (Å²) < 4.78 is 6.00. The monoisotopic (exact) mass is 302 g/mol. The second-order valence-electron chi connectivity index (χ2n) is 5.21. The molecular weight excluding hydrogens is 284 g/mol. The smallest absolute Gasteiger partial charge is 0.136 e. The number of hydrogen-bond acceptors (Lipinski definition) is 2. The zero-order chi connectivity index (χ0) is 15.9. The van der Waals surface area contributed by atoms with E-state index < -0.39 is 0 Å². The normalized spacial score (nSPS) is 10.1. The van der Waals surface area contributed by atoms with Crippen LogP contribution >= 0.6 is 0 Å². The van der Waals surface area contributed by atoms with E-state index in [1.54, 1.807) is 0 Å². The standard InChI is InChI=1S/C21H18O2/c22-15-7-6-12-20-19-11-5-4-10-18(19)13-14-21(20)23-16-17-8-2-1-3-9-17/h1-5,8-11,13-14,22H,7,15-16H2. The van der Waals surface area contributed by atoms with Crippen LogP contribution < -0.4 is 4.74 Å². The van der Waals surface area contributed by atoms with Gasteiger partial charge in [0.05, 0.1) is 12.2 Å². The third-order valence-corrected chi connectivity index (χ3v) is 3.58. The average Bonchev–Trinajstić information content (AvgIpc) is 2.62. The van der Waals surface area contributed by atoms with Gasteiger partial charge < -0.3 is 9.84 Å².